The molecule has 1 aromatic rings. The molecule has 0 aliphatic rings. The van der Waals surface area contributed by atoms with Gasteiger partial charge in [-0.2, -0.15) is 0 Å². The molecule has 0 fully saturated rings. The highest BCUT2D eigenvalue weighted by Gasteiger charge is 2.10. The monoisotopic (exact) mass is 197 g/mol. The fraction of sp³-hybridized carbons (Fsp3) is 0.111. The summed E-state index contributed by atoms with van der Waals surface area (Å²) in [7, 11) is 1.59. The van der Waals surface area contributed by atoms with Crippen LogP contribution in [0.25, 0.3) is 0 Å². The average Bonchev–Trinajstić information content (AvgIpc) is 2.16. The third-order valence-corrected chi connectivity index (χ3v) is 1.72. The second kappa shape index (κ2) is 3.78. The quantitative estimate of drug-likeness (QED) is 0.681. The Morgan fingerprint density at radius 1 is 1.14 bits per heavy atom. The Hall–Kier alpha value is -2.04. The highest BCUT2D eigenvalue weighted by Crippen LogP contribution is 2.14. The zero-order valence-electron chi connectivity index (χ0n) is 7.44. The highest BCUT2D eigenvalue weighted by molar-refractivity contribution is 5.95. The van der Waals surface area contributed by atoms with E-state index in [1.165, 1.54) is 12.1 Å². The van der Waals surface area contributed by atoms with Crippen molar-refractivity contribution in [1.82, 2.24) is 0 Å². The zero-order valence-corrected chi connectivity index (χ0v) is 7.44. The van der Waals surface area contributed by atoms with Crippen LogP contribution in [0, 0.1) is 0 Å². The number of benzene rings is 1. The molecule has 1 aromatic carbocycles. The summed E-state index contributed by atoms with van der Waals surface area (Å²) in [5, 5.41) is 20.1. The maximum Gasteiger partial charge on any atom is 0.335 e. The number of carboxylic acids is 2. The molecule has 0 aliphatic carbocycles. The molecule has 0 saturated heterocycles. The Bertz CT molecular complexity index is 359. The molecule has 0 heterocycles. The number of aromatic carboxylic acids is 2. The number of rotatable bonds is 3. The predicted octanol–water partition coefficient (Wildman–Crippen LogP) is 1.37. The van der Waals surface area contributed by atoms with E-state index in [-0.39, 0.29) is 12.6 Å². The topological polar surface area (TPSA) is 86.6 Å². The van der Waals surface area contributed by atoms with Crippen molar-refractivity contribution in [3.8, 4) is 0 Å². The molecule has 5 heteroatoms. The molecule has 0 aromatic heterocycles. The van der Waals surface area contributed by atoms with Crippen LogP contribution < -0.4 is 5.32 Å². The number of hydrogen-bond acceptors (Lipinski definition) is 3. The van der Waals surface area contributed by atoms with Gasteiger partial charge in [0.05, 0.1) is 11.1 Å². The van der Waals surface area contributed by atoms with Gasteiger partial charge < -0.3 is 15.5 Å². The Labute approximate surface area is 81.5 Å². The number of carbonyl (C=O) groups is 2. The van der Waals surface area contributed by atoms with Crippen molar-refractivity contribution in [2.75, 3.05) is 12.4 Å². The van der Waals surface area contributed by atoms with Gasteiger partial charge in [0.1, 0.15) is 0 Å². The standard InChI is InChI=1S/C9H9NO4.H2/c1-10-7-3-5(8(11)12)2-6(4-7)9(13)14;/h2-4,10H,1H3,(H,11,12)(H,13,14);1H. The van der Waals surface area contributed by atoms with Crippen molar-refractivity contribution >= 4 is 17.6 Å². The lowest BCUT2D eigenvalue weighted by molar-refractivity contribution is 0.0696. The predicted molar refractivity (Wildman–Crippen MR) is 52.0 cm³/mol. The van der Waals surface area contributed by atoms with E-state index in [0.717, 1.165) is 6.07 Å². The van der Waals surface area contributed by atoms with Crippen LogP contribution in [-0.4, -0.2) is 29.2 Å². The molecule has 1 rings (SSSR count). The van der Waals surface area contributed by atoms with Gasteiger partial charge in [-0.25, -0.2) is 9.59 Å². The summed E-state index contributed by atoms with van der Waals surface area (Å²) in [4.78, 5) is 21.2. The molecular weight excluding hydrogens is 186 g/mol. The van der Waals surface area contributed by atoms with Gasteiger partial charge >= 0.3 is 11.9 Å². The lowest BCUT2D eigenvalue weighted by atomic mass is 10.1. The maximum absolute atomic E-state index is 10.6. The fourth-order valence-corrected chi connectivity index (χ4v) is 1.02. The van der Waals surface area contributed by atoms with E-state index in [2.05, 4.69) is 5.32 Å². The van der Waals surface area contributed by atoms with Crippen LogP contribution in [0.15, 0.2) is 18.2 Å². The van der Waals surface area contributed by atoms with Crippen molar-refractivity contribution in [2.24, 2.45) is 0 Å². The lowest BCUT2D eigenvalue weighted by Crippen LogP contribution is -2.04. The molecule has 0 unspecified atom stereocenters. The molecule has 0 spiro atoms. The van der Waals surface area contributed by atoms with E-state index in [0.29, 0.717) is 5.69 Å². The van der Waals surface area contributed by atoms with Crippen LogP contribution in [0.5, 0.6) is 0 Å². The summed E-state index contributed by atoms with van der Waals surface area (Å²) >= 11 is 0. The second-order valence-electron chi connectivity index (χ2n) is 2.66. The van der Waals surface area contributed by atoms with Crippen LogP contribution in [0.4, 0.5) is 5.69 Å². The Morgan fingerprint density at radius 3 is 1.86 bits per heavy atom. The third kappa shape index (κ3) is 2.01. The number of anilines is 1. The Balaban J connectivity index is 0.00000196. The van der Waals surface area contributed by atoms with Crippen molar-refractivity contribution < 1.29 is 21.2 Å². The average molecular weight is 197 g/mol. The van der Waals surface area contributed by atoms with E-state index in [1.807, 2.05) is 0 Å². The van der Waals surface area contributed by atoms with Gasteiger partial charge in [0.15, 0.2) is 0 Å². The van der Waals surface area contributed by atoms with Gasteiger partial charge in [-0.1, -0.05) is 0 Å². The molecule has 0 aliphatic heterocycles. The van der Waals surface area contributed by atoms with E-state index in [4.69, 9.17) is 10.2 Å². The van der Waals surface area contributed by atoms with Crippen LogP contribution in [0.1, 0.15) is 22.1 Å². The summed E-state index contributed by atoms with van der Waals surface area (Å²) < 4.78 is 0. The van der Waals surface area contributed by atoms with Crippen molar-refractivity contribution in [1.29, 1.82) is 0 Å². The highest BCUT2D eigenvalue weighted by atomic mass is 16.4. The van der Waals surface area contributed by atoms with Gasteiger partial charge in [0.25, 0.3) is 0 Å². The largest absolute Gasteiger partial charge is 0.478 e. The van der Waals surface area contributed by atoms with E-state index in [1.54, 1.807) is 7.05 Å². The lowest BCUT2D eigenvalue weighted by Gasteiger charge is -2.03. The summed E-state index contributed by atoms with van der Waals surface area (Å²) in [6.45, 7) is 0. The molecule has 0 atom stereocenters. The first-order chi connectivity index (χ1) is 6.54. The first-order valence-electron chi connectivity index (χ1n) is 3.84. The minimum atomic E-state index is -1.15. The van der Waals surface area contributed by atoms with Gasteiger partial charge in [0.2, 0.25) is 0 Å². The van der Waals surface area contributed by atoms with Crippen LogP contribution in [0.3, 0.4) is 0 Å². The Kier molecular flexibility index (Phi) is 2.71. The first-order valence-corrected chi connectivity index (χ1v) is 3.84. The SMILES string of the molecule is CNc1cc(C(=O)O)cc(C(=O)O)c1.[HH]. The summed E-state index contributed by atoms with van der Waals surface area (Å²) in [5.41, 5.74) is 0.366. The molecule has 5 nitrogen and oxygen atoms in total. The van der Waals surface area contributed by atoms with Crippen LogP contribution in [0.2, 0.25) is 0 Å². The maximum atomic E-state index is 10.6. The van der Waals surface area contributed by atoms with E-state index in [9.17, 15) is 9.59 Å². The summed E-state index contributed by atoms with van der Waals surface area (Å²) in [5.74, 6) is -2.30. The van der Waals surface area contributed by atoms with Crippen molar-refractivity contribution in [3.63, 3.8) is 0 Å². The molecule has 76 valence electrons. The molecular formula is C9H11NO4. The molecule has 3 N–H and O–H groups in total. The van der Waals surface area contributed by atoms with Gasteiger partial charge in [-0.05, 0) is 18.2 Å². The van der Waals surface area contributed by atoms with E-state index < -0.39 is 11.9 Å². The molecule has 0 bridgehead atoms. The first kappa shape index (κ1) is 10.0. The number of hydrogen-bond donors (Lipinski definition) is 3. The number of carboxylic acid groups (broad SMARTS) is 2. The minimum Gasteiger partial charge on any atom is -0.478 e. The third-order valence-electron chi connectivity index (χ3n) is 1.72. The zero-order chi connectivity index (χ0) is 10.7. The normalized spacial score (nSPS) is 9.50. The second-order valence-corrected chi connectivity index (χ2v) is 2.66. The minimum absolute atomic E-state index is 0. The number of nitrogens with one attached hydrogen (secondary N) is 1. The molecule has 0 saturated carbocycles. The van der Waals surface area contributed by atoms with Crippen LogP contribution in [-0.2, 0) is 0 Å². The van der Waals surface area contributed by atoms with Crippen molar-refractivity contribution in [2.45, 2.75) is 0 Å². The van der Waals surface area contributed by atoms with Gasteiger partial charge in [-0.15, -0.1) is 0 Å². The Morgan fingerprint density at radius 2 is 1.57 bits per heavy atom. The molecule has 14 heavy (non-hydrogen) atoms. The smallest absolute Gasteiger partial charge is 0.335 e. The molecule has 0 amide bonds. The summed E-state index contributed by atoms with van der Waals surface area (Å²) in [6, 6.07) is 3.86. The summed E-state index contributed by atoms with van der Waals surface area (Å²) in [6.07, 6.45) is 0. The van der Waals surface area contributed by atoms with Gasteiger partial charge in [-0.3, -0.25) is 0 Å². The van der Waals surface area contributed by atoms with Crippen molar-refractivity contribution in [3.05, 3.63) is 29.3 Å². The fourth-order valence-electron chi connectivity index (χ4n) is 1.02. The van der Waals surface area contributed by atoms with E-state index >= 15 is 0 Å². The van der Waals surface area contributed by atoms with Gasteiger partial charge in [0, 0.05) is 14.2 Å². The van der Waals surface area contributed by atoms with Crippen LogP contribution >= 0.6 is 0 Å². The molecule has 0 radical (unpaired) electrons.